The van der Waals surface area contributed by atoms with Crippen molar-refractivity contribution < 1.29 is 4.74 Å². The van der Waals surface area contributed by atoms with E-state index in [1.165, 1.54) is 19.3 Å². The van der Waals surface area contributed by atoms with E-state index in [1.807, 2.05) is 0 Å². The molecular formula is C13H20O. The highest BCUT2D eigenvalue weighted by molar-refractivity contribution is 5.24. The Kier molecular flexibility index (Phi) is 2.78. The first-order valence-corrected chi connectivity index (χ1v) is 5.77. The number of hydrogen-bond donors (Lipinski definition) is 0. The summed E-state index contributed by atoms with van der Waals surface area (Å²) in [5.41, 5.74) is -0.0783. The molecule has 14 heavy (non-hydrogen) atoms. The molecule has 0 spiro atoms. The van der Waals surface area contributed by atoms with E-state index < -0.39 is 0 Å². The first-order valence-electron chi connectivity index (χ1n) is 5.77. The molecule has 0 saturated carbocycles. The lowest BCUT2D eigenvalue weighted by molar-refractivity contribution is -0.0248. The third-order valence-electron chi connectivity index (χ3n) is 3.06. The van der Waals surface area contributed by atoms with Crippen LogP contribution in [-0.4, -0.2) is 11.7 Å². The Morgan fingerprint density at radius 3 is 2.57 bits per heavy atom. The van der Waals surface area contributed by atoms with Gasteiger partial charge in [0.1, 0.15) is 5.60 Å². The first-order chi connectivity index (χ1) is 6.70. The molecule has 1 nitrogen and oxygen atoms in total. The zero-order chi connectivity index (χ0) is 10.0. The molecule has 0 aromatic heterocycles. The minimum atomic E-state index is -0.0783. The van der Waals surface area contributed by atoms with Gasteiger partial charge in [0.2, 0.25) is 0 Å². The average Bonchev–Trinajstić information content (AvgIpc) is 2.08. The third-order valence-corrected chi connectivity index (χ3v) is 3.06. The lowest BCUT2D eigenvalue weighted by Crippen LogP contribution is -2.33. The topological polar surface area (TPSA) is 9.23 Å². The first kappa shape index (κ1) is 9.97. The van der Waals surface area contributed by atoms with Crippen LogP contribution in [-0.2, 0) is 4.74 Å². The van der Waals surface area contributed by atoms with Gasteiger partial charge in [0, 0.05) is 0 Å². The van der Waals surface area contributed by atoms with Gasteiger partial charge in [0.15, 0.2) is 0 Å². The van der Waals surface area contributed by atoms with Crippen LogP contribution in [0.3, 0.4) is 0 Å². The van der Waals surface area contributed by atoms with Crippen LogP contribution in [0.2, 0.25) is 0 Å². The summed E-state index contributed by atoms with van der Waals surface area (Å²) in [4.78, 5) is 0. The SMILES string of the molecule is CC(C)OC12C=CC(C=C1)CCCC2. The summed E-state index contributed by atoms with van der Waals surface area (Å²) in [5, 5.41) is 0. The Labute approximate surface area is 86.8 Å². The molecule has 0 fully saturated rings. The van der Waals surface area contributed by atoms with Gasteiger partial charge in [-0.15, -0.1) is 0 Å². The van der Waals surface area contributed by atoms with E-state index in [2.05, 4.69) is 38.2 Å². The smallest absolute Gasteiger partial charge is 0.105 e. The molecule has 0 aromatic carbocycles. The predicted octanol–water partition coefficient (Wildman–Crippen LogP) is 3.47. The van der Waals surface area contributed by atoms with Crippen LogP contribution in [0.4, 0.5) is 0 Å². The summed E-state index contributed by atoms with van der Waals surface area (Å²) in [6, 6.07) is 0. The van der Waals surface area contributed by atoms with Gasteiger partial charge in [-0.2, -0.15) is 0 Å². The number of hydrogen-bond acceptors (Lipinski definition) is 1. The maximum absolute atomic E-state index is 6.03. The zero-order valence-corrected chi connectivity index (χ0v) is 9.20. The Morgan fingerprint density at radius 2 is 1.93 bits per heavy atom. The number of ether oxygens (including phenoxy) is 1. The molecule has 0 saturated heterocycles. The van der Waals surface area contributed by atoms with E-state index in [0.717, 1.165) is 6.42 Å². The van der Waals surface area contributed by atoms with Crippen molar-refractivity contribution in [2.24, 2.45) is 5.92 Å². The highest BCUT2D eigenvalue weighted by Crippen LogP contribution is 2.34. The molecule has 3 aliphatic carbocycles. The molecule has 0 amide bonds. The maximum Gasteiger partial charge on any atom is 0.105 e. The molecule has 0 unspecified atom stereocenters. The second-order valence-electron chi connectivity index (χ2n) is 4.75. The largest absolute Gasteiger partial charge is 0.364 e. The van der Waals surface area contributed by atoms with Gasteiger partial charge >= 0.3 is 0 Å². The highest BCUT2D eigenvalue weighted by Gasteiger charge is 2.30. The van der Waals surface area contributed by atoms with E-state index in [4.69, 9.17) is 4.74 Å². The molecule has 1 heteroatoms. The summed E-state index contributed by atoms with van der Waals surface area (Å²) in [6.45, 7) is 4.22. The van der Waals surface area contributed by atoms with Gasteiger partial charge in [-0.05, 0) is 39.0 Å². The number of rotatable bonds is 2. The Balaban J connectivity index is 2.16. The molecule has 0 aromatic rings. The lowest BCUT2D eigenvalue weighted by Gasteiger charge is -2.35. The van der Waals surface area contributed by atoms with Crippen LogP contribution in [0, 0.1) is 5.92 Å². The van der Waals surface area contributed by atoms with Crippen molar-refractivity contribution in [2.45, 2.75) is 51.2 Å². The summed E-state index contributed by atoms with van der Waals surface area (Å²) in [7, 11) is 0. The highest BCUT2D eigenvalue weighted by atomic mass is 16.5. The number of fused-ring (bicyclic) bond motifs is 3. The molecule has 0 atom stereocenters. The van der Waals surface area contributed by atoms with Crippen molar-refractivity contribution in [3.8, 4) is 0 Å². The quantitative estimate of drug-likeness (QED) is 0.609. The van der Waals surface area contributed by atoms with Crippen LogP contribution >= 0.6 is 0 Å². The fourth-order valence-corrected chi connectivity index (χ4v) is 2.41. The maximum atomic E-state index is 6.03. The van der Waals surface area contributed by atoms with Crippen LogP contribution in [0.15, 0.2) is 24.3 Å². The van der Waals surface area contributed by atoms with Crippen molar-refractivity contribution in [1.82, 2.24) is 0 Å². The van der Waals surface area contributed by atoms with Crippen LogP contribution < -0.4 is 0 Å². The van der Waals surface area contributed by atoms with Crippen molar-refractivity contribution in [3.63, 3.8) is 0 Å². The second kappa shape index (κ2) is 3.90. The van der Waals surface area contributed by atoms with E-state index in [9.17, 15) is 0 Å². The van der Waals surface area contributed by atoms with Crippen LogP contribution in [0.25, 0.3) is 0 Å². The second-order valence-corrected chi connectivity index (χ2v) is 4.75. The van der Waals surface area contributed by atoms with Gasteiger partial charge < -0.3 is 4.74 Å². The molecule has 3 rings (SSSR count). The lowest BCUT2D eigenvalue weighted by atomic mass is 9.82. The monoisotopic (exact) mass is 192 g/mol. The summed E-state index contributed by atoms with van der Waals surface area (Å²) >= 11 is 0. The van der Waals surface area contributed by atoms with Gasteiger partial charge in [-0.1, -0.05) is 30.7 Å². The molecule has 78 valence electrons. The van der Waals surface area contributed by atoms with Gasteiger partial charge in [0.05, 0.1) is 6.10 Å². The van der Waals surface area contributed by atoms with Crippen LogP contribution in [0.1, 0.15) is 39.5 Å². The van der Waals surface area contributed by atoms with Gasteiger partial charge in [-0.25, -0.2) is 0 Å². The van der Waals surface area contributed by atoms with E-state index in [0.29, 0.717) is 12.0 Å². The fourth-order valence-electron chi connectivity index (χ4n) is 2.41. The minimum Gasteiger partial charge on any atom is -0.364 e. The van der Waals surface area contributed by atoms with E-state index in [1.54, 1.807) is 0 Å². The summed E-state index contributed by atoms with van der Waals surface area (Å²) < 4.78 is 6.03. The molecule has 0 N–H and O–H groups in total. The summed E-state index contributed by atoms with van der Waals surface area (Å²) in [6.07, 6.45) is 14.6. The zero-order valence-electron chi connectivity index (χ0n) is 9.20. The third kappa shape index (κ3) is 2.09. The standard InChI is InChI=1S/C13H20O/c1-11(2)14-13-8-4-3-5-12(6-9-13)7-10-13/h6-7,9-12H,3-5,8H2,1-2H3. The Morgan fingerprint density at radius 1 is 1.21 bits per heavy atom. The molecule has 0 aliphatic heterocycles. The van der Waals surface area contributed by atoms with Crippen molar-refractivity contribution >= 4 is 0 Å². The van der Waals surface area contributed by atoms with Crippen molar-refractivity contribution in [3.05, 3.63) is 24.3 Å². The van der Waals surface area contributed by atoms with E-state index in [-0.39, 0.29) is 5.60 Å². The fraction of sp³-hybridized carbons (Fsp3) is 0.692. The molecule has 3 aliphatic rings. The molecular weight excluding hydrogens is 172 g/mol. The number of allylic oxidation sites excluding steroid dienone is 2. The Hall–Kier alpha value is -0.560. The van der Waals surface area contributed by atoms with Gasteiger partial charge in [0.25, 0.3) is 0 Å². The predicted molar refractivity (Wildman–Crippen MR) is 59.2 cm³/mol. The van der Waals surface area contributed by atoms with Gasteiger partial charge in [-0.3, -0.25) is 0 Å². The normalized spacial score (nSPS) is 36.1. The average molecular weight is 192 g/mol. The minimum absolute atomic E-state index is 0.0783. The van der Waals surface area contributed by atoms with Crippen molar-refractivity contribution in [2.75, 3.05) is 0 Å². The summed E-state index contributed by atoms with van der Waals surface area (Å²) in [5.74, 6) is 0.666. The molecule has 0 heterocycles. The Bertz CT molecular complexity index is 236. The van der Waals surface area contributed by atoms with Crippen molar-refractivity contribution in [1.29, 1.82) is 0 Å². The van der Waals surface area contributed by atoms with E-state index >= 15 is 0 Å². The molecule has 2 bridgehead atoms. The molecule has 0 radical (unpaired) electrons. The van der Waals surface area contributed by atoms with Crippen LogP contribution in [0.5, 0.6) is 0 Å².